The fraction of sp³-hybridized carbons (Fsp3) is 0.333. The molecule has 1 aromatic heterocycles. The summed E-state index contributed by atoms with van der Waals surface area (Å²) >= 11 is 5.99. The lowest BCUT2D eigenvalue weighted by Crippen LogP contribution is -2.48. The van der Waals surface area contributed by atoms with Gasteiger partial charge in [0.25, 0.3) is 5.91 Å². The van der Waals surface area contributed by atoms with E-state index in [9.17, 15) is 23.9 Å². The summed E-state index contributed by atoms with van der Waals surface area (Å²) in [6.07, 6.45) is -0.557. The highest BCUT2D eigenvalue weighted by Crippen LogP contribution is 2.39. The third-order valence-electron chi connectivity index (χ3n) is 9.41. The minimum absolute atomic E-state index is 0.0177. The van der Waals surface area contributed by atoms with Crippen molar-refractivity contribution in [3.8, 4) is 0 Å². The van der Waals surface area contributed by atoms with Crippen molar-refractivity contribution in [1.29, 1.82) is 0 Å². The van der Waals surface area contributed by atoms with Crippen LogP contribution in [0.5, 0.6) is 0 Å². The fourth-order valence-electron chi connectivity index (χ4n) is 6.99. The second-order valence-corrected chi connectivity index (χ2v) is 13.2. The monoisotopic (exact) mass is 684 g/mol. The molecule has 13 heteroatoms. The predicted octanol–water partition coefficient (Wildman–Crippen LogP) is 5.34. The van der Waals surface area contributed by atoms with E-state index in [1.165, 1.54) is 24.3 Å². The summed E-state index contributed by atoms with van der Waals surface area (Å²) in [4.78, 5) is 49.2. The number of aromatic nitrogens is 3. The molecule has 3 aromatic carbocycles. The number of carbonyl (C=O) groups is 3. The number of oxime groups is 1. The van der Waals surface area contributed by atoms with Crippen molar-refractivity contribution in [2.45, 2.75) is 64.3 Å². The van der Waals surface area contributed by atoms with Crippen molar-refractivity contribution in [1.82, 2.24) is 19.7 Å². The number of aromatic carboxylic acids is 1. The van der Waals surface area contributed by atoms with Gasteiger partial charge in [-0.15, -0.1) is 10.2 Å². The third kappa shape index (κ3) is 6.05. The molecule has 252 valence electrons. The summed E-state index contributed by atoms with van der Waals surface area (Å²) in [6.45, 7) is 6.47. The maximum Gasteiger partial charge on any atom is 0.335 e. The molecule has 49 heavy (non-hydrogen) atoms. The first-order chi connectivity index (χ1) is 23.6. The highest BCUT2D eigenvalue weighted by atomic mass is 35.5. The quantitative estimate of drug-likeness (QED) is 0.263. The van der Waals surface area contributed by atoms with Crippen molar-refractivity contribution < 1.29 is 28.7 Å². The van der Waals surface area contributed by atoms with Crippen LogP contribution in [0.25, 0.3) is 0 Å². The van der Waals surface area contributed by atoms with E-state index in [1.807, 2.05) is 18.2 Å². The summed E-state index contributed by atoms with van der Waals surface area (Å²) < 4.78 is 17.0. The van der Waals surface area contributed by atoms with Gasteiger partial charge >= 0.3 is 5.97 Å². The maximum absolute atomic E-state index is 14.8. The number of fused-ring (bicyclic) bond motifs is 2. The van der Waals surface area contributed by atoms with E-state index >= 15 is 0 Å². The average Bonchev–Trinajstić information content (AvgIpc) is 3.76. The van der Waals surface area contributed by atoms with E-state index in [4.69, 9.17) is 16.4 Å². The van der Waals surface area contributed by atoms with E-state index in [0.29, 0.717) is 18.5 Å². The van der Waals surface area contributed by atoms with Crippen molar-refractivity contribution >= 4 is 40.7 Å². The molecular weight excluding hydrogens is 651 g/mol. The van der Waals surface area contributed by atoms with E-state index < -0.39 is 29.8 Å². The van der Waals surface area contributed by atoms with Gasteiger partial charge in [-0.2, -0.15) is 0 Å². The maximum atomic E-state index is 14.8. The molecule has 0 saturated heterocycles. The largest absolute Gasteiger partial charge is 0.478 e. The number of carbonyl (C=O) groups excluding carboxylic acids is 2. The lowest BCUT2D eigenvalue weighted by molar-refractivity contribution is -0.149. The van der Waals surface area contributed by atoms with Gasteiger partial charge in [0, 0.05) is 49.6 Å². The van der Waals surface area contributed by atoms with Gasteiger partial charge in [0.1, 0.15) is 11.9 Å². The molecule has 0 unspecified atom stereocenters. The lowest BCUT2D eigenvalue weighted by atomic mass is 9.86. The van der Waals surface area contributed by atoms with E-state index in [2.05, 4.69) is 38.7 Å². The van der Waals surface area contributed by atoms with Crippen LogP contribution in [-0.4, -0.2) is 67.3 Å². The second-order valence-electron chi connectivity index (χ2n) is 12.8. The predicted molar refractivity (Wildman–Crippen MR) is 179 cm³/mol. The van der Waals surface area contributed by atoms with Gasteiger partial charge in [0.2, 0.25) is 6.10 Å². The molecule has 11 nitrogen and oxygen atoms in total. The van der Waals surface area contributed by atoms with Crippen LogP contribution in [0, 0.1) is 5.82 Å². The Bertz CT molecular complexity index is 1990. The number of anilines is 1. The first-order valence-electron chi connectivity index (χ1n) is 16.2. The van der Waals surface area contributed by atoms with Gasteiger partial charge in [-0.05, 0) is 53.4 Å². The number of Topliss-reactive ketones (excluding diaryl/α,β-unsaturated/α-hetero) is 1. The highest BCUT2D eigenvalue weighted by Gasteiger charge is 2.42. The highest BCUT2D eigenvalue weighted by molar-refractivity contribution is 6.31. The van der Waals surface area contributed by atoms with Gasteiger partial charge in [-0.3, -0.25) is 9.59 Å². The van der Waals surface area contributed by atoms with Crippen LogP contribution in [-0.2, 0) is 40.4 Å². The molecule has 2 atom stereocenters. The normalized spacial score (nSPS) is 18.5. The van der Waals surface area contributed by atoms with Crippen LogP contribution in [0.3, 0.4) is 0 Å². The number of hydrogen-bond donors (Lipinski definition) is 1. The molecule has 7 rings (SSSR count). The zero-order valence-corrected chi connectivity index (χ0v) is 27.7. The number of rotatable bonds is 8. The summed E-state index contributed by atoms with van der Waals surface area (Å²) in [7, 11) is 0. The zero-order chi connectivity index (χ0) is 34.4. The van der Waals surface area contributed by atoms with Crippen molar-refractivity contribution in [3.63, 3.8) is 0 Å². The fourth-order valence-corrected chi connectivity index (χ4v) is 7.16. The minimum Gasteiger partial charge on any atom is -0.478 e. The van der Waals surface area contributed by atoms with Crippen molar-refractivity contribution in [2.75, 3.05) is 18.0 Å². The van der Waals surface area contributed by atoms with Crippen molar-refractivity contribution in [3.05, 3.63) is 111 Å². The molecule has 0 fully saturated rings. The molecular formula is C36H34ClFN6O5. The summed E-state index contributed by atoms with van der Waals surface area (Å²) in [6, 6.07) is 15.6. The molecule has 0 spiro atoms. The number of amides is 1. The standard InChI is InChI=1S/C36H34ClFN6O5/c1-20(2)34-40-39-31-19-42(15-16-43(31)34)28-8-4-5-24-23(28)13-14-44(33(24)29(45)17-21-9-11-22(12-10-21)36(47)48)35(46)30-18-27(41-49-30)25-6-3-7-26(37)32(25)38/h3-12,20,30,33H,13-19H2,1-2H3,(H,47,48)/t30-,33+/m0/s1. The number of nitrogens with zero attached hydrogens (tertiary/aromatic N) is 6. The Hall–Kier alpha value is -5.10. The number of halogens is 2. The van der Waals surface area contributed by atoms with Crippen LogP contribution in [0.4, 0.5) is 10.1 Å². The van der Waals surface area contributed by atoms with Crippen LogP contribution >= 0.6 is 11.6 Å². The molecule has 0 bridgehead atoms. The van der Waals surface area contributed by atoms with Gasteiger partial charge in [0.15, 0.2) is 17.4 Å². The van der Waals surface area contributed by atoms with Crippen LogP contribution in [0.2, 0.25) is 5.02 Å². The Morgan fingerprint density at radius 3 is 2.55 bits per heavy atom. The Labute approximate surface area is 286 Å². The smallest absolute Gasteiger partial charge is 0.335 e. The molecule has 3 aliphatic rings. The Morgan fingerprint density at radius 2 is 1.80 bits per heavy atom. The zero-order valence-electron chi connectivity index (χ0n) is 27.0. The number of carboxylic acid groups (broad SMARTS) is 1. The molecule has 1 N–H and O–H groups in total. The van der Waals surface area contributed by atoms with E-state index in [1.54, 1.807) is 23.1 Å². The lowest BCUT2D eigenvalue weighted by Gasteiger charge is -2.40. The van der Waals surface area contributed by atoms with Crippen molar-refractivity contribution in [2.24, 2.45) is 5.16 Å². The average molecular weight is 685 g/mol. The SMILES string of the molecule is CC(C)c1nnc2n1CCN(c1cccc3c1CCN(C(=O)[C@@H]1CC(c4cccc(Cl)c4F)=NO1)[C@H]3C(=O)Cc1ccc(C(=O)O)cc1)C2. The third-order valence-corrected chi connectivity index (χ3v) is 9.70. The van der Waals surface area contributed by atoms with Gasteiger partial charge < -0.3 is 24.3 Å². The van der Waals surface area contributed by atoms with E-state index in [0.717, 1.165) is 41.6 Å². The molecule has 0 saturated carbocycles. The van der Waals surface area contributed by atoms with Gasteiger partial charge in [-0.25, -0.2) is 9.18 Å². The first-order valence-corrected chi connectivity index (χ1v) is 16.6. The minimum atomic E-state index is -1.06. The summed E-state index contributed by atoms with van der Waals surface area (Å²) in [5, 5.41) is 22.2. The summed E-state index contributed by atoms with van der Waals surface area (Å²) in [5.74, 6) is -0.266. The van der Waals surface area contributed by atoms with Crippen LogP contribution in [0.1, 0.15) is 76.5 Å². The van der Waals surface area contributed by atoms with Gasteiger partial charge in [0.05, 0.1) is 22.8 Å². The van der Waals surface area contributed by atoms with Gasteiger partial charge in [-0.1, -0.05) is 60.9 Å². The number of ketones is 1. The molecule has 0 radical (unpaired) electrons. The Morgan fingerprint density at radius 1 is 1.02 bits per heavy atom. The summed E-state index contributed by atoms with van der Waals surface area (Å²) in [5.41, 5.74) is 3.84. The van der Waals surface area contributed by atoms with Crippen LogP contribution < -0.4 is 4.90 Å². The van der Waals surface area contributed by atoms with E-state index in [-0.39, 0.29) is 52.9 Å². The molecule has 4 heterocycles. The molecule has 1 amide bonds. The number of benzene rings is 3. The molecule has 0 aliphatic carbocycles. The number of carboxylic acids is 1. The second kappa shape index (κ2) is 13.1. The first kappa shape index (κ1) is 32.4. The molecule has 3 aliphatic heterocycles. The number of hydrogen-bond acceptors (Lipinski definition) is 8. The topological polar surface area (TPSA) is 130 Å². The Kier molecular flexibility index (Phi) is 8.66. The molecule has 4 aromatic rings. The Balaban J connectivity index is 1.19. The van der Waals surface area contributed by atoms with Crippen LogP contribution in [0.15, 0.2) is 65.8 Å².